The van der Waals surface area contributed by atoms with Crippen molar-refractivity contribution in [2.45, 2.75) is 41.7 Å². The lowest BCUT2D eigenvalue weighted by Gasteiger charge is -2.21. The summed E-state index contributed by atoms with van der Waals surface area (Å²) in [6.45, 7) is 1.23. The topological polar surface area (TPSA) is 113 Å². The minimum atomic E-state index is -3.28. The molecule has 2 aromatic rings. The van der Waals surface area contributed by atoms with E-state index in [1.54, 1.807) is 60.2 Å². The fraction of sp³-hybridized carbons (Fsp3) is 0.500. The van der Waals surface area contributed by atoms with Crippen molar-refractivity contribution in [1.82, 2.24) is 20.0 Å². The number of sulfone groups is 1. The van der Waals surface area contributed by atoms with Crippen molar-refractivity contribution in [2.24, 2.45) is 13.0 Å². The number of likely N-dealkylation sites (tertiary alicyclic amines) is 1. The fourth-order valence-electron chi connectivity index (χ4n) is 4.25. The first-order valence-corrected chi connectivity index (χ1v) is 12.4. The van der Waals surface area contributed by atoms with Crippen LogP contribution in [0.25, 0.3) is 0 Å². The Hall–Kier alpha value is -2.88. The third-order valence-electron chi connectivity index (χ3n) is 6.21. The Bertz CT molecular complexity index is 1090. The van der Waals surface area contributed by atoms with Gasteiger partial charge in [0.2, 0.25) is 5.91 Å². The Kier molecular flexibility index (Phi) is 6.23. The molecule has 4 rings (SSSR count). The van der Waals surface area contributed by atoms with Crippen LogP contribution < -0.4 is 10.6 Å². The van der Waals surface area contributed by atoms with E-state index in [0.29, 0.717) is 43.1 Å². The van der Waals surface area contributed by atoms with Crippen molar-refractivity contribution in [1.29, 1.82) is 0 Å². The highest BCUT2D eigenvalue weighted by Crippen LogP contribution is 2.35. The van der Waals surface area contributed by atoms with E-state index >= 15 is 0 Å². The zero-order chi connectivity index (χ0) is 22.9. The number of carbonyl (C=O) groups excluding carboxylic acids is 2. The molecule has 0 unspecified atom stereocenters. The Morgan fingerprint density at radius 3 is 2.47 bits per heavy atom. The summed E-state index contributed by atoms with van der Waals surface area (Å²) in [5, 5.41) is 9.47. The maximum absolute atomic E-state index is 13.2. The Labute approximate surface area is 188 Å². The summed E-state index contributed by atoms with van der Waals surface area (Å²) in [5.41, 5.74) is 0.756. The van der Waals surface area contributed by atoms with Crippen LogP contribution in [0.5, 0.6) is 0 Å². The van der Waals surface area contributed by atoms with Crippen molar-refractivity contribution in [2.75, 3.05) is 25.5 Å². The second-order valence-electron chi connectivity index (χ2n) is 8.62. The Balaban J connectivity index is 1.54. The number of rotatable bonds is 7. The maximum Gasteiger partial charge on any atom is 0.317 e. The highest BCUT2D eigenvalue weighted by molar-refractivity contribution is 7.92. The molecule has 1 aromatic carbocycles. The van der Waals surface area contributed by atoms with Crippen molar-refractivity contribution in [3.05, 3.63) is 42.1 Å². The number of amides is 3. The molecule has 32 heavy (non-hydrogen) atoms. The minimum Gasteiger partial charge on any atom is -0.341 e. The van der Waals surface area contributed by atoms with E-state index in [1.165, 1.54) is 0 Å². The second kappa shape index (κ2) is 8.93. The lowest BCUT2D eigenvalue weighted by atomic mass is 9.87. The Morgan fingerprint density at radius 2 is 1.88 bits per heavy atom. The van der Waals surface area contributed by atoms with Gasteiger partial charge in [-0.1, -0.05) is 12.1 Å². The van der Waals surface area contributed by atoms with Gasteiger partial charge in [0.05, 0.1) is 16.1 Å². The molecule has 2 N–H and O–H groups in total. The summed E-state index contributed by atoms with van der Waals surface area (Å²) >= 11 is 0. The monoisotopic (exact) mass is 459 g/mol. The van der Waals surface area contributed by atoms with Gasteiger partial charge >= 0.3 is 6.03 Å². The number of carbonyl (C=O) groups is 2. The average Bonchev–Trinajstić information content (AvgIpc) is 3.42. The first-order chi connectivity index (χ1) is 15.3. The van der Waals surface area contributed by atoms with Crippen LogP contribution in [0.3, 0.4) is 0 Å². The van der Waals surface area contributed by atoms with Gasteiger partial charge in [0.1, 0.15) is 0 Å². The normalized spacial score (nSPS) is 19.6. The number of benzene rings is 1. The molecule has 2 fully saturated rings. The first kappa shape index (κ1) is 22.3. The van der Waals surface area contributed by atoms with E-state index < -0.39 is 15.8 Å². The van der Waals surface area contributed by atoms with Crippen LogP contribution in [0.2, 0.25) is 0 Å². The number of nitrogens with zero attached hydrogens (tertiary/aromatic N) is 3. The predicted octanol–water partition coefficient (Wildman–Crippen LogP) is 2.13. The highest BCUT2D eigenvalue weighted by Gasteiger charge is 2.37. The number of nitrogens with one attached hydrogen (secondary N) is 2. The zero-order valence-electron chi connectivity index (χ0n) is 18.3. The van der Waals surface area contributed by atoms with E-state index in [2.05, 4.69) is 15.7 Å². The molecule has 9 nitrogen and oxygen atoms in total. The molecule has 1 saturated carbocycles. The summed E-state index contributed by atoms with van der Waals surface area (Å²) in [6, 6.07) is 8.30. The molecular weight excluding hydrogens is 430 g/mol. The smallest absolute Gasteiger partial charge is 0.317 e. The molecule has 1 aliphatic heterocycles. The lowest BCUT2D eigenvalue weighted by Crippen LogP contribution is -2.36. The van der Waals surface area contributed by atoms with Gasteiger partial charge in [0, 0.05) is 39.4 Å². The van der Waals surface area contributed by atoms with Crippen molar-refractivity contribution in [3.8, 4) is 0 Å². The van der Waals surface area contributed by atoms with Crippen LogP contribution in [0.15, 0.2) is 41.4 Å². The SMILES string of the molecule is CNC(=O)N1CC[C@H](C[C@@H](C(=O)Nc2ccn(C)n2)c2ccc(S(=O)(=O)C3CC3)cc2)C1. The van der Waals surface area contributed by atoms with E-state index in [4.69, 9.17) is 0 Å². The summed E-state index contributed by atoms with van der Waals surface area (Å²) in [5.74, 6) is -0.0419. The van der Waals surface area contributed by atoms with Gasteiger partial charge in [-0.2, -0.15) is 5.10 Å². The maximum atomic E-state index is 13.2. The molecule has 0 bridgehead atoms. The van der Waals surface area contributed by atoms with Crippen LogP contribution >= 0.6 is 0 Å². The number of aryl methyl sites for hydroxylation is 1. The molecule has 172 valence electrons. The zero-order valence-corrected chi connectivity index (χ0v) is 19.1. The molecule has 1 aromatic heterocycles. The third kappa shape index (κ3) is 4.79. The van der Waals surface area contributed by atoms with E-state index in [0.717, 1.165) is 12.0 Å². The molecule has 0 radical (unpaired) electrons. The first-order valence-electron chi connectivity index (χ1n) is 10.9. The van der Waals surface area contributed by atoms with Crippen LogP contribution in [0.1, 0.15) is 37.2 Å². The lowest BCUT2D eigenvalue weighted by molar-refractivity contribution is -0.118. The molecule has 3 amide bonds. The molecular formula is C22H29N5O4S. The van der Waals surface area contributed by atoms with Crippen molar-refractivity contribution in [3.63, 3.8) is 0 Å². The van der Waals surface area contributed by atoms with E-state index in [1.807, 2.05) is 0 Å². The summed E-state index contributed by atoms with van der Waals surface area (Å²) in [6.07, 6.45) is 4.54. The summed E-state index contributed by atoms with van der Waals surface area (Å²) < 4.78 is 26.7. The van der Waals surface area contributed by atoms with Gasteiger partial charge < -0.3 is 15.5 Å². The van der Waals surface area contributed by atoms with Crippen LogP contribution in [-0.2, 0) is 21.7 Å². The summed E-state index contributed by atoms with van der Waals surface area (Å²) in [7, 11) is 0.102. The standard InChI is InChI=1S/C22H29N5O4S/c1-23-22(29)27-12-9-15(14-27)13-19(21(28)24-20-10-11-26(2)25-20)16-3-5-17(6-4-16)32(30,31)18-7-8-18/h3-6,10-11,15,18-19H,7-9,12-14H2,1-2H3,(H,23,29)(H,24,25,28)/t15-,19-/m1/s1. The van der Waals surface area contributed by atoms with Crippen molar-refractivity contribution < 1.29 is 18.0 Å². The molecule has 2 aliphatic rings. The highest BCUT2D eigenvalue weighted by atomic mass is 32.2. The second-order valence-corrected chi connectivity index (χ2v) is 10.8. The molecule has 0 spiro atoms. The molecule has 10 heteroatoms. The van der Waals surface area contributed by atoms with Gasteiger partial charge in [0.25, 0.3) is 0 Å². The van der Waals surface area contributed by atoms with Crippen LogP contribution in [0, 0.1) is 5.92 Å². The fourth-order valence-corrected chi connectivity index (χ4v) is 5.91. The number of aromatic nitrogens is 2. The van der Waals surface area contributed by atoms with Gasteiger partial charge in [-0.3, -0.25) is 9.48 Å². The number of anilines is 1. The van der Waals surface area contributed by atoms with Gasteiger partial charge in [-0.25, -0.2) is 13.2 Å². The minimum absolute atomic E-state index is 0.114. The molecule has 1 aliphatic carbocycles. The predicted molar refractivity (Wildman–Crippen MR) is 120 cm³/mol. The molecule has 2 atom stereocenters. The number of urea groups is 1. The van der Waals surface area contributed by atoms with Gasteiger partial charge in [-0.05, 0) is 49.3 Å². The molecule has 1 saturated heterocycles. The number of hydrogen-bond acceptors (Lipinski definition) is 5. The largest absolute Gasteiger partial charge is 0.341 e. The van der Waals surface area contributed by atoms with E-state index in [-0.39, 0.29) is 23.1 Å². The quantitative estimate of drug-likeness (QED) is 0.659. The number of hydrogen-bond donors (Lipinski definition) is 2. The van der Waals surface area contributed by atoms with E-state index in [9.17, 15) is 18.0 Å². The Morgan fingerprint density at radius 1 is 1.16 bits per heavy atom. The summed E-state index contributed by atoms with van der Waals surface area (Å²) in [4.78, 5) is 27.2. The van der Waals surface area contributed by atoms with Gasteiger partial charge in [0.15, 0.2) is 15.7 Å². The van der Waals surface area contributed by atoms with Gasteiger partial charge in [-0.15, -0.1) is 0 Å². The van der Waals surface area contributed by atoms with Crippen LogP contribution in [-0.4, -0.2) is 60.4 Å². The van der Waals surface area contributed by atoms with Crippen molar-refractivity contribution >= 4 is 27.6 Å². The molecule has 2 heterocycles. The van der Waals surface area contributed by atoms with Crippen LogP contribution in [0.4, 0.5) is 10.6 Å². The third-order valence-corrected chi connectivity index (χ3v) is 8.49. The average molecular weight is 460 g/mol.